The normalized spacial score (nSPS) is 13.6. The maximum Gasteiger partial charge on any atom is 0.321 e. The second-order valence-corrected chi connectivity index (χ2v) is 7.13. The number of aromatic nitrogens is 1. The summed E-state index contributed by atoms with van der Waals surface area (Å²) < 4.78 is 5.29. The van der Waals surface area contributed by atoms with Gasteiger partial charge in [-0.15, -0.1) is 11.3 Å². The van der Waals surface area contributed by atoms with Crippen LogP contribution in [-0.4, -0.2) is 31.2 Å². The summed E-state index contributed by atoms with van der Waals surface area (Å²) in [7, 11) is 1.66. The van der Waals surface area contributed by atoms with Crippen molar-refractivity contribution in [2.45, 2.75) is 6.92 Å². The van der Waals surface area contributed by atoms with Crippen LogP contribution in [0.25, 0.3) is 11.3 Å². The SMILES string of the molecule is COc1ccc(C)c(Nc2nc(-c3ccc(N4CCNC4=O)cc3)cs2)c1. The van der Waals surface area contributed by atoms with Gasteiger partial charge in [-0.2, -0.15) is 0 Å². The van der Waals surface area contributed by atoms with Gasteiger partial charge in [-0.1, -0.05) is 18.2 Å². The number of carbonyl (C=O) groups is 1. The minimum Gasteiger partial charge on any atom is -0.497 e. The second kappa shape index (κ2) is 7.28. The zero-order valence-electron chi connectivity index (χ0n) is 15.2. The van der Waals surface area contributed by atoms with E-state index in [1.165, 1.54) is 0 Å². The zero-order valence-corrected chi connectivity index (χ0v) is 16.0. The summed E-state index contributed by atoms with van der Waals surface area (Å²) in [5.41, 5.74) is 4.92. The fraction of sp³-hybridized carbons (Fsp3) is 0.200. The molecule has 0 bridgehead atoms. The first-order valence-electron chi connectivity index (χ1n) is 8.67. The monoisotopic (exact) mass is 380 g/mol. The summed E-state index contributed by atoms with van der Waals surface area (Å²) in [6.45, 7) is 3.43. The first kappa shape index (κ1) is 17.4. The third kappa shape index (κ3) is 3.59. The fourth-order valence-electron chi connectivity index (χ4n) is 2.97. The van der Waals surface area contributed by atoms with Gasteiger partial charge in [0.1, 0.15) is 5.75 Å². The highest BCUT2D eigenvalue weighted by molar-refractivity contribution is 7.14. The Hall–Kier alpha value is -3.06. The van der Waals surface area contributed by atoms with Gasteiger partial charge in [0.05, 0.1) is 12.8 Å². The Kier molecular flexibility index (Phi) is 4.68. The fourth-order valence-corrected chi connectivity index (χ4v) is 3.70. The van der Waals surface area contributed by atoms with Gasteiger partial charge in [-0.05, 0) is 30.7 Å². The minimum absolute atomic E-state index is 0.0449. The van der Waals surface area contributed by atoms with Crippen LogP contribution in [0, 0.1) is 6.92 Å². The molecule has 27 heavy (non-hydrogen) atoms. The number of rotatable bonds is 5. The van der Waals surface area contributed by atoms with Crippen molar-refractivity contribution < 1.29 is 9.53 Å². The van der Waals surface area contributed by atoms with Crippen molar-refractivity contribution in [2.24, 2.45) is 0 Å². The number of nitrogens with zero attached hydrogens (tertiary/aromatic N) is 2. The van der Waals surface area contributed by atoms with Crippen LogP contribution < -0.4 is 20.3 Å². The number of anilines is 3. The Morgan fingerprint density at radius 1 is 1.22 bits per heavy atom. The molecule has 4 rings (SSSR count). The molecule has 6 nitrogen and oxygen atoms in total. The molecule has 0 saturated carbocycles. The van der Waals surface area contributed by atoms with E-state index < -0.39 is 0 Å². The van der Waals surface area contributed by atoms with Crippen LogP contribution in [0.5, 0.6) is 5.75 Å². The lowest BCUT2D eigenvalue weighted by molar-refractivity contribution is 0.252. The molecule has 7 heteroatoms. The van der Waals surface area contributed by atoms with E-state index in [1.807, 2.05) is 54.8 Å². The van der Waals surface area contributed by atoms with Crippen molar-refractivity contribution in [2.75, 3.05) is 30.4 Å². The summed E-state index contributed by atoms with van der Waals surface area (Å²) in [5.74, 6) is 0.807. The van der Waals surface area contributed by atoms with Crippen LogP contribution in [0.2, 0.25) is 0 Å². The summed E-state index contributed by atoms with van der Waals surface area (Å²) in [4.78, 5) is 18.2. The average Bonchev–Trinajstić information content (AvgIpc) is 3.33. The first-order chi connectivity index (χ1) is 13.1. The number of urea groups is 1. The van der Waals surface area contributed by atoms with Gasteiger partial charge in [0.25, 0.3) is 0 Å². The van der Waals surface area contributed by atoms with E-state index in [2.05, 4.69) is 15.6 Å². The Balaban J connectivity index is 1.52. The number of aryl methyl sites for hydroxylation is 1. The van der Waals surface area contributed by atoms with Gasteiger partial charge in [-0.25, -0.2) is 9.78 Å². The van der Waals surface area contributed by atoms with E-state index in [4.69, 9.17) is 4.74 Å². The van der Waals surface area contributed by atoms with E-state index in [9.17, 15) is 4.79 Å². The lowest BCUT2D eigenvalue weighted by Gasteiger charge is -2.14. The number of benzene rings is 2. The number of carbonyl (C=O) groups excluding carboxylic acids is 1. The molecule has 0 aliphatic carbocycles. The molecule has 0 spiro atoms. The van der Waals surface area contributed by atoms with Gasteiger partial charge >= 0.3 is 6.03 Å². The minimum atomic E-state index is -0.0449. The molecule has 138 valence electrons. The van der Waals surface area contributed by atoms with Crippen molar-refractivity contribution in [1.29, 1.82) is 0 Å². The van der Waals surface area contributed by atoms with Crippen LogP contribution in [0.3, 0.4) is 0 Å². The molecule has 1 aromatic heterocycles. The predicted octanol–water partition coefficient (Wildman–Crippen LogP) is 4.40. The molecule has 2 aromatic carbocycles. The summed E-state index contributed by atoms with van der Waals surface area (Å²) in [5, 5.41) is 9.02. The third-order valence-corrected chi connectivity index (χ3v) is 5.28. The molecular formula is C20H20N4O2S. The highest BCUT2D eigenvalue weighted by atomic mass is 32.1. The molecule has 2 amide bonds. The quantitative estimate of drug-likeness (QED) is 0.688. The summed E-state index contributed by atoms with van der Waals surface area (Å²) in [6, 6.07) is 13.8. The van der Waals surface area contributed by atoms with Gasteiger partial charge in [0.15, 0.2) is 5.13 Å². The predicted molar refractivity (Wildman–Crippen MR) is 109 cm³/mol. The Labute approximate surface area is 161 Å². The first-order valence-corrected chi connectivity index (χ1v) is 9.55. The van der Waals surface area contributed by atoms with Crippen molar-refractivity contribution in [3.63, 3.8) is 0 Å². The van der Waals surface area contributed by atoms with Crippen molar-refractivity contribution in [3.05, 3.63) is 53.4 Å². The molecule has 3 aromatic rings. The standard InChI is InChI=1S/C20H20N4O2S/c1-13-3-8-16(26-2)11-17(13)22-19-23-18(12-27-19)14-4-6-15(7-5-14)24-10-9-21-20(24)25/h3-8,11-12H,9-10H2,1-2H3,(H,21,25)(H,22,23). The third-order valence-electron chi connectivity index (χ3n) is 4.52. The maximum atomic E-state index is 11.8. The van der Waals surface area contributed by atoms with Crippen molar-refractivity contribution >= 4 is 33.9 Å². The van der Waals surface area contributed by atoms with Crippen molar-refractivity contribution in [3.8, 4) is 17.0 Å². The molecule has 2 heterocycles. The lowest BCUT2D eigenvalue weighted by Crippen LogP contribution is -2.27. The molecule has 1 aliphatic heterocycles. The number of nitrogens with one attached hydrogen (secondary N) is 2. The number of amides is 2. The van der Waals surface area contributed by atoms with E-state index in [0.29, 0.717) is 13.1 Å². The Morgan fingerprint density at radius 2 is 2.04 bits per heavy atom. The number of ether oxygens (including phenoxy) is 1. The van der Waals surface area contributed by atoms with E-state index >= 15 is 0 Å². The average molecular weight is 380 g/mol. The lowest BCUT2D eigenvalue weighted by atomic mass is 10.1. The van der Waals surface area contributed by atoms with Crippen LogP contribution in [0.15, 0.2) is 47.8 Å². The van der Waals surface area contributed by atoms with Gasteiger partial charge in [0, 0.05) is 41.5 Å². The molecular weight excluding hydrogens is 360 g/mol. The zero-order chi connectivity index (χ0) is 18.8. The highest BCUT2D eigenvalue weighted by Gasteiger charge is 2.20. The highest BCUT2D eigenvalue weighted by Crippen LogP contribution is 2.31. The molecule has 1 saturated heterocycles. The number of hydrogen-bond donors (Lipinski definition) is 2. The Morgan fingerprint density at radius 3 is 2.74 bits per heavy atom. The molecule has 1 fully saturated rings. The smallest absolute Gasteiger partial charge is 0.321 e. The van der Waals surface area contributed by atoms with Gasteiger partial charge in [0.2, 0.25) is 0 Å². The molecule has 0 radical (unpaired) electrons. The van der Waals surface area contributed by atoms with E-state index in [-0.39, 0.29) is 6.03 Å². The van der Waals surface area contributed by atoms with Gasteiger partial charge < -0.3 is 15.4 Å². The van der Waals surface area contributed by atoms with Crippen LogP contribution in [0.4, 0.5) is 21.3 Å². The largest absolute Gasteiger partial charge is 0.497 e. The molecule has 1 aliphatic rings. The number of methoxy groups -OCH3 is 1. The van der Waals surface area contributed by atoms with E-state index in [1.54, 1.807) is 23.3 Å². The van der Waals surface area contributed by atoms with E-state index in [0.717, 1.165) is 39.1 Å². The van der Waals surface area contributed by atoms with Gasteiger partial charge in [-0.3, -0.25) is 4.90 Å². The van der Waals surface area contributed by atoms with Crippen LogP contribution >= 0.6 is 11.3 Å². The summed E-state index contributed by atoms with van der Waals surface area (Å²) >= 11 is 1.55. The number of hydrogen-bond acceptors (Lipinski definition) is 5. The number of thiazole rings is 1. The Bertz CT molecular complexity index is 968. The molecule has 0 unspecified atom stereocenters. The topological polar surface area (TPSA) is 66.5 Å². The maximum absolute atomic E-state index is 11.8. The summed E-state index contributed by atoms with van der Waals surface area (Å²) in [6.07, 6.45) is 0. The second-order valence-electron chi connectivity index (χ2n) is 6.27. The molecule has 2 N–H and O–H groups in total. The van der Waals surface area contributed by atoms with Crippen LogP contribution in [0.1, 0.15) is 5.56 Å². The van der Waals surface area contributed by atoms with Crippen molar-refractivity contribution in [1.82, 2.24) is 10.3 Å². The molecule has 0 atom stereocenters. The van der Waals surface area contributed by atoms with Crippen LogP contribution in [-0.2, 0) is 0 Å².